The molecule has 0 saturated carbocycles. The zero-order valence-electron chi connectivity index (χ0n) is 20.6. The van der Waals surface area contributed by atoms with Gasteiger partial charge in [0.05, 0.1) is 12.8 Å². The molecule has 0 spiro atoms. The number of halogens is 1. The number of fused-ring (bicyclic) bond motifs is 1. The van der Waals surface area contributed by atoms with E-state index in [9.17, 15) is 0 Å². The van der Waals surface area contributed by atoms with Gasteiger partial charge in [0.1, 0.15) is 28.9 Å². The molecule has 5 rings (SSSR count). The van der Waals surface area contributed by atoms with Gasteiger partial charge in [-0.15, -0.1) is 0 Å². The highest BCUT2D eigenvalue weighted by Crippen LogP contribution is 2.55. The minimum Gasteiger partial charge on any atom is -1.00 e. The van der Waals surface area contributed by atoms with Gasteiger partial charge in [0.15, 0.2) is 0 Å². The molecule has 1 aliphatic heterocycles. The Bertz CT molecular complexity index is 1200. The van der Waals surface area contributed by atoms with Crippen molar-refractivity contribution in [2.75, 3.05) is 12.8 Å². The van der Waals surface area contributed by atoms with Crippen molar-refractivity contribution in [1.29, 1.82) is 0 Å². The van der Waals surface area contributed by atoms with E-state index >= 15 is 0 Å². The van der Waals surface area contributed by atoms with E-state index in [1.807, 2.05) is 0 Å². The summed E-state index contributed by atoms with van der Waals surface area (Å²) in [5.74, 6) is 1.03. The summed E-state index contributed by atoms with van der Waals surface area (Å²) in [4.78, 5) is 0. The SMILES string of the molecule is C/C(=C\C[P+](c1ccccc1)(c1ccccc1)c1ccccc1)c1ccc2c(c1)C(C)(C)CO2.[Br-]. The summed E-state index contributed by atoms with van der Waals surface area (Å²) in [7, 11) is -1.87. The van der Waals surface area contributed by atoms with Gasteiger partial charge < -0.3 is 21.7 Å². The lowest BCUT2D eigenvalue weighted by Gasteiger charge is -2.27. The normalized spacial score (nSPS) is 14.5. The van der Waals surface area contributed by atoms with Crippen LogP contribution in [0.4, 0.5) is 0 Å². The number of rotatable bonds is 6. The summed E-state index contributed by atoms with van der Waals surface area (Å²) in [5.41, 5.74) is 3.97. The minimum atomic E-state index is -1.87. The lowest BCUT2D eigenvalue weighted by molar-refractivity contribution is -0.00000717. The average molecular weight is 543 g/mol. The molecule has 4 aromatic rings. The largest absolute Gasteiger partial charge is 1.00 e. The Morgan fingerprint density at radius 3 is 1.74 bits per heavy atom. The predicted octanol–water partition coefficient (Wildman–Crippen LogP) is 3.76. The molecule has 0 unspecified atom stereocenters. The molecule has 0 amide bonds. The van der Waals surface area contributed by atoms with Gasteiger partial charge in [0.2, 0.25) is 0 Å². The van der Waals surface area contributed by atoms with Crippen molar-refractivity contribution >= 4 is 28.7 Å². The van der Waals surface area contributed by atoms with Gasteiger partial charge >= 0.3 is 0 Å². The molecule has 0 aromatic heterocycles. The van der Waals surface area contributed by atoms with Crippen LogP contribution in [0.25, 0.3) is 5.57 Å². The molecule has 0 aliphatic carbocycles. The lowest BCUT2D eigenvalue weighted by Crippen LogP contribution is -3.00. The number of benzene rings is 4. The van der Waals surface area contributed by atoms with E-state index in [0.29, 0.717) is 0 Å². The predicted molar refractivity (Wildman–Crippen MR) is 149 cm³/mol. The first kappa shape index (κ1) is 25.4. The molecular weight excluding hydrogens is 511 g/mol. The van der Waals surface area contributed by atoms with E-state index in [2.05, 4.69) is 136 Å². The molecule has 1 nitrogen and oxygen atoms in total. The van der Waals surface area contributed by atoms with Crippen LogP contribution >= 0.6 is 7.26 Å². The molecule has 3 heteroatoms. The van der Waals surface area contributed by atoms with Crippen LogP contribution in [0.5, 0.6) is 5.75 Å². The minimum absolute atomic E-state index is 0. The Balaban J connectivity index is 0.00000289. The fraction of sp³-hybridized carbons (Fsp3) is 0.188. The summed E-state index contributed by atoms with van der Waals surface area (Å²) in [5, 5.41) is 4.25. The summed E-state index contributed by atoms with van der Waals surface area (Å²) < 4.78 is 5.92. The highest BCUT2D eigenvalue weighted by molar-refractivity contribution is 7.95. The van der Waals surface area contributed by atoms with Gasteiger partial charge in [0.25, 0.3) is 0 Å². The lowest BCUT2D eigenvalue weighted by atomic mass is 9.85. The first-order valence-electron chi connectivity index (χ1n) is 12.0. The van der Waals surface area contributed by atoms with Crippen molar-refractivity contribution in [3.63, 3.8) is 0 Å². The highest BCUT2D eigenvalue weighted by atomic mass is 79.9. The summed E-state index contributed by atoms with van der Waals surface area (Å²) in [6, 6.07) is 40.0. The van der Waals surface area contributed by atoms with E-state index in [0.717, 1.165) is 18.5 Å². The zero-order chi connectivity index (χ0) is 23.6. The second-order valence-electron chi connectivity index (χ2n) is 9.77. The Morgan fingerprint density at radius 1 is 0.771 bits per heavy atom. The van der Waals surface area contributed by atoms with Crippen molar-refractivity contribution in [3.8, 4) is 5.75 Å². The first-order valence-corrected chi connectivity index (χ1v) is 14.0. The number of allylic oxidation sites excluding steroid dienone is 2. The molecule has 4 aromatic carbocycles. The standard InChI is InChI=1S/C32H32OP.BrH/c1-25(26-19-20-31-30(23-26)32(2,3)24-33-31)21-22-34(27-13-7-4-8-14-27,28-15-9-5-10-16-28)29-17-11-6-12-18-29;/h4-21,23H,22,24H2,1-3H3;1H/q+1;/p-1/b25-21+;. The Labute approximate surface area is 221 Å². The maximum absolute atomic E-state index is 5.92. The van der Waals surface area contributed by atoms with Crippen LogP contribution in [0.15, 0.2) is 115 Å². The topological polar surface area (TPSA) is 9.23 Å². The number of hydrogen-bond acceptors (Lipinski definition) is 1. The zero-order valence-corrected chi connectivity index (χ0v) is 23.1. The average Bonchev–Trinajstić information content (AvgIpc) is 3.20. The van der Waals surface area contributed by atoms with Crippen LogP contribution in [0.2, 0.25) is 0 Å². The fourth-order valence-electron chi connectivity index (χ4n) is 4.97. The summed E-state index contributed by atoms with van der Waals surface area (Å²) >= 11 is 0. The molecule has 1 aliphatic rings. The van der Waals surface area contributed by atoms with Crippen molar-refractivity contribution < 1.29 is 21.7 Å². The fourth-order valence-corrected chi connectivity index (χ4v) is 9.09. The molecule has 0 bridgehead atoms. The van der Waals surface area contributed by atoms with Crippen molar-refractivity contribution in [2.24, 2.45) is 0 Å². The summed E-state index contributed by atoms with van der Waals surface area (Å²) in [6.45, 7) is 7.52. The number of hydrogen-bond donors (Lipinski definition) is 0. The smallest absolute Gasteiger partial charge is 0.123 e. The van der Waals surface area contributed by atoms with Gasteiger partial charge in [-0.05, 0) is 72.7 Å². The Kier molecular flexibility index (Phi) is 7.64. The Hall–Kier alpha value is -2.67. The van der Waals surface area contributed by atoms with E-state index in [-0.39, 0.29) is 22.4 Å². The molecule has 35 heavy (non-hydrogen) atoms. The molecule has 0 fully saturated rings. The van der Waals surface area contributed by atoms with Gasteiger partial charge in [-0.3, -0.25) is 0 Å². The van der Waals surface area contributed by atoms with Gasteiger partial charge in [-0.2, -0.15) is 0 Å². The van der Waals surface area contributed by atoms with Gasteiger partial charge in [-0.1, -0.05) is 74.5 Å². The van der Waals surface area contributed by atoms with Crippen molar-refractivity contribution in [3.05, 3.63) is 126 Å². The van der Waals surface area contributed by atoms with Gasteiger partial charge in [0, 0.05) is 11.0 Å². The summed E-state index contributed by atoms with van der Waals surface area (Å²) in [6.07, 6.45) is 3.44. The molecular formula is C32H32BrOP. The molecule has 0 atom stereocenters. The third kappa shape index (κ3) is 4.88. The monoisotopic (exact) mass is 542 g/mol. The van der Waals surface area contributed by atoms with E-state index in [1.165, 1.54) is 32.6 Å². The Morgan fingerprint density at radius 2 is 1.26 bits per heavy atom. The van der Waals surface area contributed by atoms with Crippen LogP contribution < -0.4 is 37.6 Å². The van der Waals surface area contributed by atoms with E-state index in [4.69, 9.17) is 4.74 Å². The molecule has 0 radical (unpaired) electrons. The second-order valence-corrected chi connectivity index (χ2v) is 13.3. The van der Waals surface area contributed by atoms with E-state index in [1.54, 1.807) is 0 Å². The highest BCUT2D eigenvalue weighted by Gasteiger charge is 2.44. The van der Waals surface area contributed by atoms with Crippen LogP contribution in [-0.2, 0) is 5.41 Å². The van der Waals surface area contributed by atoms with Crippen LogP contribution in [0.3, 0.4) is 0 Å². The third-order valence-electron chi connectivity index (χ3n) is 7.01. The molecule has 178 valence electrons. The van der Waals surface area contributed by atoms with E-state index < -0.39 is 7.26 Å². The third-order valence-corrected chi connectivity index (χ3v) is 11.3. The quantitative estimate of drug-likeness (QED) is 0.337. The van der Waals surface area contributed by atoms with Crippen molar-refractivity contribution in [1.82, 2.24) is 0 Å². The van der Waals surface area contributed by atoms with Crippen LogP contribution in [-0.4, -0.2) is 12.8 Å². The van der Waals surface area contributed by atoms with Crippen LogP contribution in [0.1, 0.15) is 31.9 Å². The molecule has 0 saturated heterocycles. The van der Waals surface area contributed by atoms with Gasteiger partial charge in [-0.25, -0.2) is 0 Å². The molecule has 0 N–H and O–H groups in total. The van der Waals surface area contributed by atoms with Crippen LogP contribution in [0, 0.1) is 0 Å². The number of ether oxygens (including phenoxy) is 1. The maximum Gasteiger partial charge on any atom is 0.123 e. The molecule has 1 heterocycles. The first-order chi connectivity index (χ1) is 16.5. The van der Waals surface area contributed by atoms with Crippen molar-refractivity contribution in [2.45, 2.75) is 26.2 Å². The maximum atomic E-state index is 5.92. The second kappa shape index (κ2) is 10.5.